The topological polar surface area (TPSA) is 68.9 Å². The minimum atomic E-state index is -0.219. The van der Waals surface area contributed by atoms with Gasteiger partial charge in [-0.25, -0.2) is 4.68 Å². The first-order valence-electron chi connectivity index (χ1n) is 14.0. The number of hydrogen-bond acceptors (Lipinski definition) is 5. The Balaban J connectivity index is 1.37. The van der Waals surface area contributed by atoms with Gasteiger partial charge < -0.3 is 14.4 Å². The highest BCUT2D eigenvalue weighted by Gasteiger charge is 2.30. The first-order chi connectivity index (χ1) is 19.9. The molecule has 0 N–H and O–H groups in total. The molecule has 4 aromatic rings. The smallest absolute Gasteiger partial charge is 0.276 e. The molecule has 1 saturated heterocycles. The molecule has 0 aliphatic carbocycles. The highest BCUT2D eigenvalue weighted by molar-refractivity contribution is 5.78. The average Bonchev–Trinajstić information content (AvgIpc) is 3.11. The van der Waals surface area contributed by atoms with Crippen LogP contribution in [0, 0.1) is 6.92 Å². The predicted molar refractivity (Wildman–Crippen MR) is 159 cm³/mol. The van der Waals surface area contributed by atoms with Crippen molar-refractivity contribution in [1.29, 1.82) is 0 Å². The number of carbonyl (C=O) groups is 1. The summed E-state index contributed by atoms with van der Waals surface area (Å²) in [5, 5.41) is 0. The van der Waals surface area contributed by atoms with Crippen LogP contribution in [0.4, 0.5) is 0 Å². The number of rotatable bonds is 10. The lowest BCUT2D eigenvalue weighted by molar-refractivity contribution is -0.131. The maximum Gasteiger partial charge on any atom is 0.276 e. The van der Waals surface area contributed by atoms with E-state index >= 15 is 0 Å². The molecule has 2 heterocycles. The SMILES string of the molecule is COc1cccc(CO[C@H]2CN(Cc3c(C)n(C)n(-c4ccccc4)c3=O)CC(=O)N(CCc3ccccc3)C2)c1. The third kappa shape index (κ3) is 6.78. The van der Waals surface area contributed by atoms with Crippen LogP contribution in [0.2, 0.25) is 0 Å². The average molecular weight is 555 g/mol. The maximum atomic E-state index is 13.6. The van der Waals surface area contributed by atoms with Crippen molar-refractivity contribution >= 4 is 5.91 Å². The van der Waals surface area contributed by atoms with Crippen molar-refractivity contribution in [3.8, 4) is 11.4 Å². The van der Waals surface area contributed by atoms with Gasteiger partial charge in [0.25, 0.3) is 5.56 Å². The molecule has 5 rings (SSSR count). The summed E-state index contributed by atoms with van der Waals surface area (Å²) in [7, 11) is 3.54. The molecule has 1 aliphatic rings. The predicted octanol–water partition coefficient (Wildman–Crippen LogP) is 3.97. The Morgan fingerprint density at radius 1 is 0.878 bits per heavy atom. The summed E-state index contributed by atoms with van der Waals surface area (Å²) < 4.78 is 15.4. The van der Waals surface area contributed by atoms with Crippen molar-refractivity contribution in [1.82, 2.24) is 19.2 Å². The molecule has 0 radical (unpaired) electrons. The number of benzene rings is 3. The van der Waals surface area contributed by atoms with E-state index in [2.05, 4.69) is 17.0 Å². The van der Waals surface area contributed by atoms with Crippen LogP contribution in [0.25, 0.3) is 5.69 Å². The summed E-state index contributed by atoms with van der Waals surface area (Å²) >= 11 is 0. The Kier molecular flexibility index (Phi) is 9.01. The fraction of sp³-hybridized carbons (Fsp3) is 0.333. The fourth-order valence-corrected chi connectivity index (χ4v) is 5.41. The van der Waals surface area contributed by atoms with Gasteiger partial charge in [-0.05, 0) is 48.7 Å². The monoisotopic (exact) mass is 554 g/mol. The van der Waals surface area contributed by atoms with Crippen LogP contribution >= 0.6 is 0 Å². The van der Waals surface area contributed by atoms with Crippen LogP contribution in [0.5, 0.6) is 5.75 Å². The van der Waals surface area contributed by atoms with Crippen LogP contribution in [-0.4, -0.2) is 64.5 Å². The third-order valence-corrected chi connectivity index (χ3v) is 7.79. The molecule has 8 nitrogen and oxygen atoms in total. The van der Waals surface area contributed by atoms with Crippen LogP contribution in [0.15, 0.2) is 89.7 Å². The van der Waals surface area contributed by atoms with E-state index in [1.165, 1.54) is 5.56 Å². The van der Waals surface area contributed by atoms with Crippen LogP contribution in [0.1, 0.15) is 22.4 Å². The number of ether oxygens (including phenoxy) is 2. The number of methoxy groups -OCH3 is 1. The maximum absolute atomic E-state index is 13.6. The second-order valence-electron chi connectivity index (χ2n) is 10.6. The van der Waals surface area contributed by atoms with E-state index in [1.807, 2.05) is 96.3 Å². The molecule has 0 unspecified atom stereocenters. The van der Waals surface area contributed by atoms with Crippen molar-refractivity contribution in [2.75, 3.05) is 33.3 Å². The van der Waals surface area contributed by atoms with Crippen molar-refractivity contribution in [3.63, 3.8) is 0 Å². The minimum absolute atomic E-state index is 0.0466. The quantitative estimate of drug-likeness (QED) is 0.297. The van der Waals surface area contributed by atoms with Gasteiger partial charge in [-0.3, -0.25) is 19.2 Å². The zero-order chi connectivity index (χ0) is 28.8. The fourth-order valence-electron chi connectivity index (χ4n) is 5.41. The van der Waals surface area contributed by atoms with Crippen LogP contribution < -0.4 is 10.3 Å². The van der Waals surface area contributed by atoms with E-state index < -0.39 is 0 Å². The Morgan fingerprint density at radius 2 is 1.59 bits per heavy atom. The standard InChI is InChI=1S/C33H38N4O4/c1-25-31(33(39)37(34(25)2)28-14-8-5-9-15-28)22-35-20-30(41-24-27-13-10-16-29(19-27)40-3)21-36(32(38)23-35)18-17-26-11-6-4-7-12-26/h4-16,19,30H,17-18,20-24H2,1-3H3/t30-/m0/s1. The zero-order valence-electron chi connectivity index (χ0n) is 24.0. The van der Waals surface area contributed by atoms with E-state index in [0.29, 0.717) is 38.3 Å². The summed E-state index contributed by atoms with van der Waals surface area (Å²) in [5.74, 6) is 0.827. The third-order valence-electron chi connectivity index (χ3n) is 7.79. The van der Waals surface area contributed by atoms with E-state index in [0.717, 1.165) is 29.1 Å². The largest absolute Gasteiger partial charge is 0.497 e. The number of para-hydroxylation sites is 1. The lowest BCUT2D eigenvalue weighted by atomic mass is 10.1. The Morgan fingerprint density at radius 3 is 2.32 bits per heavy atom. The number of amides is 1. The Labute approximate surface area is 241 Å². The molecule has 1 aliphatic heterocycles. The zero-order valence-corrected chi connectivity index (χ0v) is 24.0. The van der Waals surface area contributed by atoms with Gasteiger partial charge in [-0.2, -0.15) is 0 Å². The highest BCUT2D eigenvalue weighted by atomic mass is 16.5. The molecular formula is C33H38N4O4. The first kappa shape index (κ1) is 28.4. The number of aromatic nitrogens is 2. The van der Waals surface area contributed by atoms with Gasteiger partial charge in [0.05, 0.1) is 37.6 Å². The van der Waals surface area contributed by atoms with E-state index in [1.54, 1.807) is 11.8 Å². The first-order valence-corrected chi connectivity index (χ1v) is 14.0. The minimum Gasteiger partial charge on any atom is -0.497 e. The van der Waals surface area contributed by atoms with Crippen molar-refractivity contribution in [2.45, 2.75) is 32.6 Å². The summed E-state index contributed by atoms with van der Waals surface area (Å²) in [4.78, 5) is 31.1. The molecule has 1 fully saturated rings. The molecule has 3 aromatic carbocycles. The highest BCUT2D eigenvalue weighted by Crippen LogP contribution is 2.18. The van der Waals surface area contributed by atoms with Gasteiger partial charge in [-0.15, -0.1) is 0 Å². The van der Waals surface area contributed by atoms with E-state index in [-0.39, 0.29) is 24.1 Å². The summed E-state index contributed by atoms with van der Waals surface area (Å²) in [6.45, 7) is 4.61. The molecule has 0 bridgehead atoms. The molecule has 214 valence electrons. The van der Waals surface area contributed by atoms with Gasteiger partial charge in [0.1, 0.15) is 5.75 Å². The molecular weight excluding hydrogens is 516 g/mol. The van der Waals surface area contributed by atoms with Crippen LogP contribution in [0.3, 0.4) is 0 Å². The van der Waals surface area contributed by atoms with Crippen molar-refractivity contribution < 1.29 is 14.3 Å². The second kappa shape index (κ2) is 13.0. The van der Waals surface area contributed by atoms with Gasteiger partial charge in [-0.1, -0.05) is 60.7 Å². The molecule has 0 saturated carbocycles. The molecule has 1 aromatic heterocycles. The normalized spacial score (nSPS) is 16.1. The molecule has 1 atom stereocenters. The summed E-state index contributed by atoms with van der Waals surface area (Å²) in [6.07, 6.45) is 0.554. The second-order valence-corrected chi connectivity index (χ2v) is 10.6. The summed E-state index contributed by atoms with van der Waals surface area (Å²) in [6, 6.07) is 27.7. The van der Waals surface area contributed by atoms with Crippen molar-refractivity contribution in [2.24, 2.45) is 7.05 Å². The number of carbonyl (C=O) groups excluding carboxylic acids is 1. The van der Waals surface area contributed by atoms with Gasteiger partial charge in [0.2, 0.25) is 5.91 Å². The lowest BCUT2D eigenvalue weighted by Crippen LogP contribution is -2.39. The molecule has 8 heteroatoms. The lowest BCUT2D eigenvalue weighted by Gasteiger charge is -2.25. The van der Waals surface area contributed by atoms with E-state index in [4.69, 9.17) is 9.47 Å². The Bertz CT molecular complexity index is 1510. The van der Waals surface area contributed by atoms with Crippen LogP contribution in [-0.2, 0) is 36.2 Å². The Hall–Kier alpha value is -4.14. The van der Waals surface area contributed by atoms with Crippen molar-refractivity contribution in [3.05, 3.63) is 118 Å². The summed E-state index contributed by atoms with van der Waals surface area (Å²) in [5.41, 5.74) is 4.51. The molecule has 1 amide bonds. The number of nitrogens with zero attached hydrogens (tertiary/aromatic N) is 4. The molecule has 0 spiro atoms. The number of hydrogen-bond donors (Lipinski definition) is 0. The molecule has 41 heavy (non-hydrogen) atoms. The van der Waals surface area contributed by atoms with Gasteiger partial charge in [0, 0.05) is 38.9 Å². The van der Waals surface area contributed by atoms with Gasteiger partial charge >= 0.3 is 0 Å². The van der Waals surface area contributed by atoms with Gasteiger partial charge in [0.15, 0.2) is 0 Å². The van der Waals surface area contributed by atoms with E-state index in [9.17, 15) is 9.59 Å².